The predicted molar refractivity (Wildman–Crippen MR) is 101 cm³/mol. The normalized spacial score (nSPS) is 12.1. The Bertz CT molecular complexity index is 1050. The smallest absolute Gasteiger partial charge is 0.311 e. The molecule has 0 aliphatic rings. The molecule has 8 heteroatoms. The third-order valence-electron chi connectivity index (χ3n) is 4.39. The van der Waals surface area contributed by atoms with Crippen molar-refractivity contribution in [1.82, 2.24) is 9.78 Å². The molecule has 27 heavy (non-hydrogen) atoms. The van der Waals surface area contributed by atoms with Crippen LogP contribution < -0.4 is 5.32 Å². The van der Waals surface area contributed by atoms with Gasteiger partial charge in [-0.15, -0.1) is 0 Å². The van der Waals surface area contributed by atoms with E-state index < -0.39 is 23.6 Å². The van der Waals surface area contributed by atoms with Gasteiger partial charge in [-0.25, -0.2) is 4.39 Å². The minimum Gasteiger partial charge on any atom is -0.481 e. The Hall–Kier alpha value is -2.93. The summed E-state index contributed by atoms with van der Waals surface area (Å²) in [7, 11) is 1.72. The number of anilines is 1. The highest BCUT2D eigenvalue weighted by Crippen LogP contribution is 2.32. The number of aliphatic carboxylic acids is 1. The van der Waals surface area contributed by atoms with E-state index in [4.69, 9.17) is 11.6 Å². The number of nitrogens with zero attached hydrogens (tertiary/aromatic N) is 2. The molecule has 0 aliphatic carbocycles. The quantitative estimate of drug-likeness (QED) is 0.685. The van der Waals surface area contributed by atoms with Gasteiger partial charge in [-0.2, -0.15) is 5.10 Å². The zero-order chi connectivity index (χ0) is 19.7. The van der Waals surface area contributed by atoms with Gasteiger partial charge >= 0.3 is 5.97 Å². The van der Waals surface area contributed by atoms with Gasteiger partial charge in [0, 0.05) is 18.0 Å². The first-order valence-corrected chi connectivity index (χ1v) is 8.66. The number of para-hydroxylation sites is 1. The molecule has 0 aliphatic heterocycles. The van der Waals surface area contributed by atoms with Gasteiger partial charge in [0.25, 0.3) is 5.91 Å². The summed E-state index contributed by atoms with van der Waals surface area (Å²) in [6.45, 7) is 1.65. The van der Waals surface area contributed by atoms with Gasteiger partial charge in [-0.05, 0) is 24.6 Å². The zero-order valence-electron chi connectivity index (χ0n) is 14.7. The molecular formula is C19H17ClFN3O3. The molecule has 0 fully saturated rings. The minimum atomic E-state index is -1.13. The molecule has 1 atom stereocenters. The molecule has 2 N–H and O–H groups in total. The number of carboxylic acids is 1. The number of carbonyl (C=O) groups excluding carboxylic acids is 1. The van der Waals surface area contributed by atoms with Gasteiger partial charge in [0.1, 0.15) is 5.82 Å². The lowest BCUT2D eigenvalue weighted by atomic mass is 9.96. The summed E-state index contributed by atoms with van der Waals surface area (Å²) >= 11 is 6.16. The fourth-order valence-electron chi connectivity index (χ4n) is 3.02. The lowest BCUT2D eigenvalue weighted by molar-refractivity contribution is -0.138. The van der Waals surface area contributed by atoms with Gasteiger partial charge in [-0.1, -0.05) is 36.7 Å². The second-order valence-electron chi connectivity index (χ2n) is 6.10. The van der Waals surface area contributed by atoms with Crippen LogP contribution in [0.15, 0.2) is 36.4 Å². The zero-order valence-corrected chi connectivity index (χ0v) is 15.4. The Morgan fingerprint density at radius 1 is 1.33 bits per heavy atom. The highest BCUT2D eigenvalue weighted by atomic mass is 35.5. The SMILES string of the molecule is CCC(C(=O)O)c1cc(Cl)c(NC(=O)c2nn(C)c3ccccc23)cc1F. The summed E-state index contributed by atoms with van der Waals surface area (Å²) in [5.41, 5.74) is 1.00. The average molecular weight is 390 g/mol. The van der Waals surface area contributed by atoms with E-state index in [-0.39, 0.29) is 28.4 Å². The number of rotatable bonds is 5. The van der Waals surface area contributed by atoms with Crippen molar-refractivity contribution in [1.29, 1.82) is 0 Å². The predicted octanol–water partition coefficient (Wildman–Crippen LogP) is 4.20. The van der Waals surface area contributed by atoms with Crippen molar-refractivity contribution in [3.05, 3.63) is 58.5 Å². The summed E-state index contributed by atoms with van der Waals surface area (Å²) in [6.07, 6.45) is 0.216. The molecular weight excluding hydrogens is 373 g/mol. The second kappa shape index (κ2) is 7.36. The number of carbonyl (C=O) groups is 2. The summed E-state index contributed by atoms with van der Waals surface area (Å²) < 4.78 is 16.0. The van der Waals surface area contributed by atoms with Crippen LogP contribution in [0.5, 0.6) is 0 Å². The second-order valence-corrected chi connectivity index (χ2v) is 6.50. The molecule has 0 spiro atoms. The van der Waals surface area contributed by atoms with Crippen LogP contribution in [0, 0.1) is 5.82 Å². The van der Waals surface area contributed by atoms with Crippen molar-refractivity contribution in [2.75, 3.05) is 5.32 Å². The van der Waals surface area contributed by atoms with Gasteiger partial charge in [0.05, 0.1) is 22.1 Å². The first kappa shape index (κ1) is 18.8. The highest BCUT2D eigenvalue weighted by Gasteiger charge is 2.24. The van der Waals surface area contributed by atoms with Crippen molar-refractivity contribution in [2.45, 2.75) is 19.3 Å². The van der Waals surface area contributed by atoms with E-state index in [9.17, 15) is 19.1 Å². The lowest BCUT2D eigenvalue weighted by Crippen LogP contribution is -2.16. The fourth-order valence-corrected chi connectivity index (χ4v) is 3.24. The highest BCUT2D eigenvalue weighted by molar-refractivity contribution is 6.34. The monoisotopic (exact) mass is 389 g/mol. The first-order valence-electron chi connectivity index (χ1n) is 8.28. The Kier molecular flexibility index (Phi) is 5.14. The van der Waals surface area contributed by atoms with E-state index in [0.717, 1.165) is 11.6 Å². The van der Waals surface area contributed by atoms with Gasteiger partial charge < -0.3 is 10.4 Å². The number of hydrogen-bond acceptors (Lipinski definition) is 3. The number of aryl methyl sites for hydroxylation is 1. The van der Waals surface area contributed by atoms with Crippen molar-refractivity contribution in [3.63, 3.8) is 0 Å². The van der Waals surface area contributed by atoms with Crippen LogP contribution in [0.2, 0.25) is 5.02 Å². The van der Waals surface area contributed by atoms with Crippen LogP contribution in [0.1, 0.15) is 35.3 Å². The summed E-state index contributed by atoms with van der Waals surface area (Å²) in [4.78, 5) is 23.9. The average Bonchev–Trinajstić information content (AvgIpc) is 2.96. The number of carboxylic acid groups (broad SMARTS) is 1. The molecule has 0 saturated heterocycles. The Morgan fingerprint density at radius 3 is 2.70 bits per heavy atom. The van der Waals surface area contributed by atoms with Gasteiger partial charge in [-0.3, -0.25) is 14.3 Å². The summed E-state index contributed by atoms with van der Waals surface area (Å²) in [5, 5.41) is 16.7. The van der Waals surface area contributed by atoms with E-state index in [0.29, 0.717) is 5.39 Å². The summed E-state index contributed by atoms with van der Waals surface area (Å²) in [6, 6.07) is 9.50. The molecule has 0 saturated carbocycles. The molecule has 1 heterocycles. The maximum absolute atomic E-state index is 14.4. The molecule has 0 radical (unpaired) electrons. The van der Waals surface area contributed by atoms with Crippen LogP contribution in [0.25, 0.3) is 10.9 Å². The molecule has 1 amide bonds. The van der Waals surface area contributed by atoms with Crippen LogP contribution in [0.4, 0.5) is 10.1 Å². The maximum Gasteiger partial charge on any atom is 0.311 e. The minimum absolute atomic E-state index is 0.0173. The standard InChI is InChI=1S/C19H17ClFN3O3/c1-3-10(19(26)27)12-8-13(20)15(9-14(12)21)22-18(25)17-11-6-4-5-7-16(11)24(2)23-17/h4-10H,3H2,1-2H3,(H,22,25)(H,26,27). The van der Waals surface area contributed by atoms with Crippen molar-refractivity contribution in [3.8, 4) is 0 Å². The van der Waals surface area contributed by atoms with E-state index in [2.05, 4.69) is 10.4 Å². The molecule has 140 valence electrons. The molecule has 3 rings (SSSR count). The largest absolute Gasteiger partial charge is 0.481 e. The van der Waals surface area contributed by atoms with Crippen LogP contribution in [0.3, 0.4) is 0 Å². The number of nitrogens with one attached hydrogen (secondary N) is 1. The number of amides is 1. The van der Waals surface area contributed by atoms with E-state index in [1.165, 1.54) is 6.07 Å². The molecule has 6 nitrogen and oxygen atoms in total. The third kappa shape index (κ3) is 3.50. The van der Waals surface area contributed by atoms with E-state index >= 15 is 0 Å². The van der Waals surface area contributed by atoms with Crippen LogP contribution in [-0.4, -0.2) is 26.8 Å². The Balaban J connectivity index is 1.94. The molecule has 1 aromatic heterocycles. The summed E-state index contributed by atoms with van der Waals surface area (Å²) in [5.74, 6) is -3.42. The first-order chi connectivity index (χ1) is 12.8. The number of aromatic nitrogens is 2. The number of fused-ring (bicyclic) bond motifs is 1. The Morgan fingerprint density at radius 2 is 2.04 bits per heavy atom. The Labute approximate surface area is 159 Å². The van der Waals surface area contributed by atoms with Crippen molar-refractivity contribution in [2.24, 2.45) is 7.05 Å². The van der Waals surface area contributed by atoms with Crippen molar-refractivity contribution < 1.29 is 19.1 Å². The molecule has 3 aromatic rings. The van der Waals surface area contributed by atoms with E-state index in [1.54, 1.807) is 30.8 Å². The molecule has 1 unspecified atom stereocenters. The van der Waals surface area contributed by atoms with Crippen molar-refractivity contribution >= 4 is 40.1 Å². The van der Waals surface area contributed by atoms with Crippen LogP contribution >= 0.6 is 11.6 Å². The number of hydrogen-bond donors (Lipinski definition) is 2. The molecule has 2 aromatic carbocycles. The third-order valence-corrected chi connectivity index (χ3v) is 4.70. The molecule has 0 bridgehead atoms. The topological polar surface area (TPSA) is 84.2 Å². The maximum atomic E-state index is 14.4. The van der Waals surface area contributed by atoms with Crippen LogP contribution in [-0.2, 0) is 11.8 Å². The van der Waals surface area contributed by atoms with Gasteiger partial charge in [0.2, 0.25) is 0 Å². The number of benzene rings is 2. The lowest BCUT2D eigenvalue weighted by Gasteiger charge is -2.14. The van der Waals surface area contributed by atoms with Gasteiger partial charge in [0.15, 0.2) is 5.69 Å². The fraction of sp³-hybridized carbons (Fsp3) is 0.211. The van der Waals surface area contributed by atoms with E-state index in [1.807, 2.05) is 12.1 Å². The number of halogens is 2.